The summed E-state index contributed by atoms with van der Waals surface area (Å²) in [4.78, 5) is 10.5. The minimum atomic E-state index is -0.177. The van der Waals surface area contributed by atoms with Gasteiger partial charge in [0.1, 0.15) is 0 Å². The van der Waals surface area contributed by atoms with E-state index in [0.717, 1.165) is 25.7 Å². The van der Waals surface area contributed by atoms with Crippen molar-refractivity contribution in [1.29, 1.82) is 0 Å². The van der Waals surface area contributed by atoms with E-state index in [0.29, 0.717) is 6.61 Å². The van der Waals surface area contributed by atoms with Gasteiger partial charge in [0, 0.05) is 13.5 Å². The highest BCUT2D eigenvalue weighted by Gasteiger charge is 1.94. The van der Waals surface area contributed by atoms with Crippen molar-refractivity contribution in [1.82, 2.24) is 0 Å². The van der Waals surface area contributed by atoms with Gasteiger partial charge in [0.25, 0.3) is 0 Å². The third kappa shape index (κ3) is 15.2. The first-order chi connectivity index (χ1) is 8.77. The van der Waals surface area contributed by atoms with Crippen LogP contribution in [0, 0.1) is 0 Å². The molecule has 0 saturated heterocycles. The Morgan fingerprint density at radius 2 is 1.50 bits per heavy atom. The first-order valence-electron chi connectivity index (χ1n) is 7.16. The Kier molecular flexibility index (Phi) is 13.6. The zero-order valence-corrected chi connectivity index (χ0v) is 11.7. The SMILES string of the molecule is CC(=O)OCCCCCCCCC/C=C/CCO. The molecular weight excluding hydrogens is 228 g/mol. The van der Waals surface area contributed by atoms with Crippen molar-refractivity contribution < 1.29 is 14.6 Å². The van der Waals surface area contributed by atoms with E-state index in [1.54, 1.807) is 0 Å². The monoisotopic (exact) mass is 256 g/mol. The van der Waals surface area contributed by atoms with Crippen molar-refractivity contribution in [3.05, 3.63) is 12.2 Å². The van der Waals surface area contributed by atoms with Crippen LogP contribution in [0.2, 0.25) is 0 Å². The summed E-state index contributed by atoms with van der Waals surface area (Å²) in [5, 5.41) is 8.58. The molecule has 0 rings (SSSR count). The van der Waals surface area contributed by atoms with Gasteiger partial charge in [0.15, 0.2) is 0 Å². The zero-order chi connectivity index (χ0) is 13.5. The van der Waals surface area contributed by atoms with Crippen molar-refractivity contribution in [2.45, 2.75) is 64.7 Å². The van der Waals surface area contributed by atoms with Crippen LogP contribution < -0.4 is 0 Å². The Morgan fingerprint density at radius 3 is 2.11 bits per heavy atom. The molecule has 0 bridgehead atoms. The second-order valence-corrected chi connectivity index (χ2v) is 4.59. The summed E-state index contributed by atoms with van der Waals surface area (Å²) in [6.45, 7) is 2.28. The molecule has 0 heterocycles. The zero-order valence-electron chi connectivity index (χ0n) is 11.7. The summed E-state index contributed by atoms with van der Waals surface area (Å²) in [7, 11) is 0. The topological polar surface area (TPSA) is 46.5 Å². The summed E-state index contributed by atoms with van der Waals surface area (Å²) in [5.41, 5.74) is 0. The van der Waals surface area contributed by atoms with Gasteiger partial charge in [-0.05, 0) is 25.7 Å². The quantitative estimate of drug-likeness (QED) is 0.329. The molecule has 0 unspecified atom stereocenters. The van der Waals surface area contributed by atoms with Crippen molar-refractivity contribution in [3.63, 3.8) is 0 Å². The Balaban J connectivity index is 3.01. The van der Waals surface area contributed by atoms with Gasteiger partial charge in [-0.1, -0.05) is 44.3 Å². The van der Waals surface area contributed by atoms with E-state index >= 15 is 0 Å². The van der Waals surface area contributed by atoms with Crippen LogP contribution in [-0.2, 0) is 9.53 Å². The number of ether oxygens (including phenoxy) is 1. The molecule has 0 aromatic heterocycles. The largest absolute Gasteiger partial charge is 0.466 e. The lowest BCUT2D eigenvalue weighted by Gasteiger charge is -2.02. The molecule has 106 valence electrons. The van der Waals surface area contributed by atoms with Crippen LogP contribution in [0.4, 0.5) is 0 Å². The van der Waals surface area contributed by atoms with Gasteiger partial charge >= 0.3 is 5.97 Å². The third-order valence-electron chi connectivity index (χ3n) is 2.78. The Bertz CT molecular complexity index is 212. The standard InChI is InChI=1S/C15H28O3/c1-15(17)18-14-12-10-8-6-4-2-3-5-7-9-11-13-16/h7,9,16H,2-6,8,10-14H2,1H3/b9-7+. The number of allylic oxidation sites excluding steroid dienone is 1. The maximum atomic E-state index is 10.5. The van der Waals surface area contributed by atoms with E-state index in [4.69, 9.17) is 9.84 Å². The van der Waals surface area contributed by atoms with Gasteiger partial charge in [0.05, 0.1) is 6.61 Å². The molecule has 0 fully saturated rings. The van der Waals surface area contributed by atoms with Gasteiger partial charge in [0.2, 0.25) is 0 Å². The molecule has 0 atom stereocenters. The number of hydrogen-bond acceptors (Lipinski definition) is 3. The molecule has 3 nitrogen and oxygen atoms in total. The molecule has 18 heavy (non-hydrogen) atoms. The minimum absolute atomic E-state index is 0.177. The van der Waals surface area contributed by atoms with E-state index < -0.39 is 0 Å². The fourth-order valence-corrected chi connectivity index (χ4v) is 1.77. The highest BCUT2D eigenvalue weighted by molar-refractivity contribution is 5.65. The molecule has 1 N–H and O–H groups in total. The first kappa shape index (κ1) is 17.2. The Hall–Kier alpha value is -0.830. The summed E-state index contributed by atoms with van der Waals surface area (Å²) in [6.07, 6.45) is 14.6. The second kappa shape index (κ2) is 14.2. The highest BCUT2D eigenvalue weighted by atomic mass is 16.5. The van der Waals surface area contributed by atoms with Crippen molar-refractivity contribution >= 4 is 5.97 Å². The van der Waals surface area contributed by atoms with E-state index in [2.05, 4.69) is 12.2 Å². The number of carbonyl (C=O) groups excluding carboxylic acids is 1. The molecule has 3 heteroatoms. The maximum absolute atomic E-state index is 10.5. The van der Waals surface area contributed by atoms with E-state index in [1.807, 2.05) is 0 Å². The molecule has 0 saturated carbocycles. The van der Waals surface area contributed by atoms with Crippen LogP contribution in [0.15, 0.2) is 12.2 Å². The van der Waals surface area contributed by atoms with Crippen LogP contribution in [-0.4, -0.2) is 24.3 Å². The summed E-state index contributed by atoms with van der Waals surface area (Å²) < 4.78 is 4.87. The van der Waals surface area contributed by atoms with Gasteiger partial charge in [-0.2, -0.15) is 0 Å². The summed E-state index contributed by atoms with van der Waals surface area (Å²) in [6, 6.07) is 0. The number of carbonyl (C=O) groups is 1. The van der Waals surface area contributed by atoms with E-state index in [-0.39, 0.29) is 12.6 Å². The predicted molar refractivity (Wildman–Crippen MR) is 74.4 cm³/mol. The molecule has 0 amide bonds. The van der Waals surface area contributed by atoms with Crippen LogP contribution >= 0.6 is 0 Å². The van der Waals surface area contributed by atoms with Crippen molar-refractivity contribution in [3.8, 4) is 0 Å². The molecule has 0 spiro atoms. The number of aliphatic hydroxyl groups excluding tert-OH is 1. The number of esters is 1. The van der Waals surface area contributed by atoms with Crippen LogP contribution in [0.5, 0.6) is 0 Å². The number of unbranched alkanes of at least 4 members (excludes halogenated alkanes) is 7. The van der Waals surface area contributed by atoms with Crippen molar-refractivity contribution in [2.75, 3.05) is 13.2 Å². The molecule has 0 aliphatic carbocycles. The van der Waals surface area contributed by atoms with Crippen molar-refractivity contribution in [2.24, 2.45) is 0 Å². The Labute approximate surface area is 111 Å². The number of hydrogen-bond donors (Lipinski definition) is 1. The van der Waals surface area contributed by atoms with Gasteiger partial charge < -0.3 is 9.84 Å². The lowest BCUT2D eigenvalue weighted by Crippen LogP contribution is -1.99. The fourth-order valence-electron chi connectivity index (χ4n) is 1.77. The first-order valence-corrected chi connectivity index (χ1v) is 7.16. The van der Waals surface area contributed by atoms with E-state index in [9.17, 15) is 4.79 Å². The lowest BCUT2D eigenvalue weighted by atomic mass is 10.1. The average molecular weight is 256 g/mol. The summed E-state index contributed by atoms with van der Waals surface area (Å²) >= 11 is 0. The maximum Gasteiger partial charge on any atom is 0.302 e. The average Bonchev–Trinajstić information content (AvgIpc) is 2.34. The second-order valence-electron chi connectivity index (χ2n) is 4.59. The molecule has 0 aliphatic heterocycles. The minimum Gasteiger partial charge on any atom is -0.466 e. The molecular formula is C15H28O3. The highest BCUT2D eigenvalue weighted by Crippen LogP contribution is 2.09. The summed E-state index contributed by atoms with van der Waals surface area (Å²) in [5.74, 6) is -0.177. The Morgan fingerprint density at radius 1 is 0.944 bits per heavy atom. The van der Waals surface area contributed by atoms with E-state index in [1.165, 1.54) is 39.0 Å². The van der Waals surface area contributed by atoms with Crippen LogP contribution in [0.3, 0.4) is 0 Å². The molecule has 0 radical (unpaired) electrons. The van der Waals surface area contributed by atoms with Gasteiger partial charge in [-0.3, -0.25) is 4.79 Å². The number of aliphatic hydroxyl groups is 1. The van der Waals surface area contributed by atoms with Gasteiger partial charge in [-0.15, -0.1) is 0 Å². The predicted octanol–water partition coefficient (Wildman–Crippen LogP) is 3.61. The molecule has 0 aliphatic rings. The molecule has 0 aromatic carbocycles. The van der Waals surface area contributed by atoms with Crippen LogP contribution in [0.1, 0.15) is 64.7 Å². The molecule has 0 aromatic rings. The normalized spacial score (nSPS) is 11.0. The van der Waals surface area contributed by atoms with Gasteiger partial charge in [-0.25, -0.2) is 0 Å². The lowest BCUT2D eigenvalue weighted by molar-refractivity contribution is -0.141. The fraction of sp³-hybridized carbons (Fsp3) is 0.800. The number of rotatable bonds is 12. The smallest absolute Gasteiger partial charge is 0.302 e. The third-order valence-corrected chi connectivity index (χ3v) is 2.78. The van der Waals surface area contributed by atoms with Crippen LogP contribution in [0.25, 0.3) is 0 Å².